The molecule has 2 nitrogen and oxygen atoms in total. The summed E-state index contributed by atoms with van der Waals surface area (Å²) < 4.78 is 5.27. The molecule has 0 saturated carbocycles. The van der Waals surface area contributed by atoms with Gasteiger partial charge in [-0.15, -0.1) is 0 Å². The van der Waals surface area contributed by atoms with E-state index in [1.165, 1.54) is 5.57 Å². The molecular weight excluding hydrogens is 164 g/mol. The van der Waals surface area contributed by atoms with E-state index in [0.717, 1.165) is 38.7 Å². The van der Waals surface area contributed by atoms with E-state index < -0.39 is 5.60 Å². The molecule has 2 heteroatoms. The Kier molecular flexibility index (Phi) is 3.94. The predicted molar refractivity (Wildman–Crippen MR) is 53.7 cm³/mol. The first-order valence-corrected chi connectivity index (χ1v) is 5.13. The maximum absolute atomic E-state index is 10.0. The topological polar surface area (TPSA) is 29.5 Å². The van der Waals surface area contributed by atoms with Gasteiger partial charge in [0.1, 0.15) is 0 Å². The van der Waals surface area contributed by atoms with Crippen molar-refractivity contribution in [2.75, 3.05) is 13.2 Å². The highest BCUT2D eigenvalue weighted by Crippen LogP contribution is 2.25. The second kappa shape index (κ2) is 4.77. The van der Waals surface area contributed by atoms with Crippen LogP contribution in [0.25, 0.3) is 0 Å². The van der Waals surface area contributed by atoms with Gasteiger partial charge in [0.25, 0.3) is 0 Å². The Hall–Kier alpha value is -0.340. The highest BCUT2D eigenvalue weighted by molar-refractivity contribution is 4.95. The number of aliphatic hydroxyl groups is 1. The Balaban J connectivity index is 2.28. The zero-order valence-electron chi connectivity index (χ0n) is 8.51. The van der Waals surface area contributed by atoms with Crippen LogP contribution in [0.1, 0.15) is 39.0 Å². The molecule has 76 valence electrons. The summed E-state index contributed by atoms with van der Waals surface area (Å²) in [6, 6.07) is 0. The third kappa shape index (κ3) is 3.49. The second-order valence-corrected chi connectivity index (χ2v) is 3.98. The Morgan fingerprint density at radius 3 is 2.92 bits per heavy atom. The van der Waals surface area contributed by atoms with Gasteiger partial charge in [0.05, 0.1) is 12.2 Å². The number of rotatable bonds is 4. The molecule has 1 aliphatic rings. The van der Waals surface area contributed by atoms with Crippen molar-refractivity contribution in [2.45, 2.75) is 44.6 Å². The standard InChI is InChI=1S/C11H20O2/c1-3-10(2)5-7-11(12)6-4-8-13-9-11/h12H,2-9H2,1H3. The van der Waals surface area contributed by atoms with Crippen molar-refractivity contribution < 1.29 is 9.84 Å². The van der Waals surface area contributed by atoms with Gasteiger partial charge in [-0.1, -0.05) is 19.1 Å². The summed E-state index contributed by atoms with van der Waals surface area (Å²) in [5, 5.41) is 10.0. The summed E-state index contributed by atoms with van der Waals surface area (Å²) in [6.45, 7) is 7.34. The molecule has 0 bridgehead atoms. The van der Waals surface area contributed by atoms with Crippen molar-refractivity contribution in [3.8, 4) is 0 Å². The Morgan fingerprint density at radius 1 is 1.62 bits per heavy atom. The van der Waals surface area contributed by atoms with Crippen LogP contribution in [-0.4, -0.2) is 23.9 Å². The zero-order chi connectivity index (χ0) is 9.73. The molecule has 1 rings (SSSR count). The van der Waals surface area contributed by atoms with Crippen LogP contribution < -0.4 is 0 Å². The quantitative estimate of drug-likeness (QED) is 0.679. The molecule has 0 spiro atoms. The molecule has 0 aromatic carbocycles. The van der Waals surface area contributed by atoms with E-state index in [4.69, 9.17) is 4.74 Å². The average molecular weight is 184 g/mol. The van der Waals surface area contributed by atoms with Crippen molar-refractivity contribution in [3.63, 3.8) is 0 Å². The molecule has 1 heterocycles. The van der Waals surface area contributed by atoms with Gasteiger partial charge in [-0.05, 0) is 32.1 Å². The Morgan fingerprint density at radius 2 is 2.38 bits per heavy atom. The molecule has 1 atom stereocenters. The van der Waals surface area contributed by atoms with E-state index in [9.17, 15) is 5.11 Å². The fourth-order valence-electron chi connectivity index (χ4n) is 1.62. The highest BCUT2D eigenvalue weighted by Gasteiger charge is 2.29. The summed E-state index contributed by atoms with van der Waals surface area (Å²) in [4.78, 5) is 0. The molecule has 0 aromatic heterocycles. The first-order chi connectivity index (χ1) is 6.16. The number of hydrogen-bond acceptors (Lipinski definition) is 2. The van der Waals surface area contributed by atoms with E-state index in [-0.39, 0.29) is 0 Å². The molecule has 1 aliphatic heterocycles. The van der Waals surface area contributed by atoms with Crippen molar-refractivity contribution in [1.82, 2.24) is 0 Å². The molecule has 13 heavy (non-hydrogen) atoms. The van der Waals surface area contributed by atoms with Crippen LogP contribution in [0.15, 0.2) is 12.2 Å². The summed E-state index contributed by atoms with van der Waals surface area (Å²) in [6.07, 6.45) is 4.60. The molecule has 0 aromatic rings. The van der Waals surface area contributed by atoms with Crippen molar-refractivity contribution in [2.24, 2.45) is 0 Å². The Labute approximate surface area is 80.6 Å². The SMILES string of the molecule is C=C(CC)CCC1(O)CCCOC1. The van der Waals surface area contributed by atoms with Gasteiger partial charge in [0.15, 0.2) is 0 Å². The van der Waals surface area contributed by atoms with E-state index >= 15 is 0 Å². The number of allylic oxidation sites excluding steroid dienone is 1. The fourth-order valence-corrected chi connectivity index (χ4v) is 1.62. The predicted octanol–water partition coefficient (Wildman–Crippen LogP) is 2.27. The lowest BCUT2D eigenvalue weighted by molar-refractivity contribution is -0.0893. The lowest BCUT2D eigenvalue weighted by Crippen LogP contribution is -2.38. The van der Waals surface area contributed by atoms with E-state index in [2.05, 4.69) is 13.5 Å². The molecule has 0 aliphatic carbocycles. The van der Waals surface area contributed by atoms with E-state index in [1.807, 2.05) is 0 Å². The van der Waals surface area contributed by atoms with E-state index in [1.54, 1.807) is 0 Å². The zero-order valence-corrected chi connectivity index (χ0v) is 8.51. The van der Waals surface area contributed by atoms with Gasteiger partial charge in [-0.2, -0.15) is 0 Å². The monoisotopic (exact) mass is 184 g/mol. The molecule has 1 unspecified atom stereocenters. The van der Waals surface area contributed by atoms with Crippen molar-refractivity contribution >= 4 is 0 Å². The largest absolute Gasteiger partial charge is 0.387 e. The minimum Gasteiger partial charge on any atom is -0.387 e. The van der Waals surface area contributed by atoms with Crippen LogP contribution >= 0.6 is 0 Å². The van der Waals surface area contributed by atoms with Crippen LogP contribution in [0.5, 0.6) is 0 Å². The molecular formula is C11H20O2. The molecule has 1 fully saturated rings. The van der Waals surface area contributed by atoms with Crippen LogP contribution in [0, 0.1) is 0 Å². The van der Waals surface area contributed by atoms with Crippen LogP contribution in [0.2, 0.25) is 0 Å². The summed E-state index contributed by atoms with van der Waals surface area (Å²) in [7, 11) is 0. The van der Waals surface area contributed by atoms with Gasteiger partial charge < -0.3 is 9.84 Å². The van der Waals surface area contributed by atoms with Crippen molar-refractivity contribution in [1.29, 1.82) is 0 Å². The second-order valence-electron chi connectivity index (χ2n) is 3.98. The number of hydrogen-bond donors (Lipinski definition) is 1. The molecule has 1 N–H and O–H groups in total. The van der Waals surface area contributed by atoms with Crippen molar-refractivity contribution in [3.05, 3.63) is 12.2 Å². The summed E-state index contributed by atoms with van der Waals surface area (Å²) in [5.41, 5.74) is 0.648. The minimum atomic E-state index is -0.573. The maximum atomic E-state index is 10.0. The van der Waals surface area contributed by atoms with Gasteiger partial charge in [-0.3, -0.25) is 0 Å². The molecule has 1 saturated heterocycles. The van der Waals surface area contributed by atoms with Gasteiger partial charge in [-0.25, -0.2) is 0 Å². The fraction of sp³-hybridized carbons (Fsp3) is 0.818. The average Bonchev–Trinajstić information content (AvgIpc) is 2.15. The number of ether oxygens (including phenoxy) is 1. The molecule has 0 amide bonds. The summed E-state index contributed by atoms with van der Waals surface area (Å²) in [5.74, 6) is 0. The van der Waals surface area contributed by atoms with Crippen LogP contribution in [-0.2, 0) is 4.74 Å². The minimum absolute atomic E-state index is 0.504. The maximum Gasteiger partial charge on any atom is 0.0884 e. The third-order valence-electron chi connectivity index (χ3n) is 2.75. The smallest absolute Gasteiger partial charge is 0.0884 e. The Bertz CT molecular complexity index is 169. The van der Waals surface area contributed by atoms with Gasteiger partial charge in [0.2, 0.25) is 0 Å². The van der Waals surface area contributed by atoms with Gasteiger partial charge >= 0.3 is 0 Å². The first-order valence-electron chi connectivity index (χ1n) is 5.13. The lowest BCUT2D eigenvalue weighted by Gasteiger charge is -2.32. The van der Waals surface area contributed by atoms with Crippen LogP contribution in [0.3, 0.4) is 0 Å². The molecule has 0 radical (unpaired) electrons. The first kappa shape index (κ1) is 10.7. The highest BCUT2D eigenvalue weighted by atomic mass is 16.5. The normalized spacial score (nSPS) is 28.8. The third-order valence-corrected chi connectivity index (χ3v) is 2.75. The van der Waals surface area contributed by atoms with Crippen LogP contribution in [0.4, 0.5) is 0 Å². The van der Waals surface area contributed by atoms with E-state index in [0.29, 0.717) is 6.61 Å². The lowest BCUT2D eigenvalue weighted by atomic mass is 9.89. The van der Waals surface area contributed by atoms with Gasteiger partial charge in [0, 0.05) is 6.61 Å². The summed E-state index contributed by atoms with van der Waals surface area (Å²) >= 11 is 0.